The Labute approximate surface area is 172 Å². The van der Waals surface area contributed by atoms with E-state index in [2.05, 4.69) is 33.3 Å². The van der Waals surface area contributed by atoms with Gasteiger partial charge in [-0.05, 0) is 67.5 Å². The molecule has 3 aromatic heterocycles. The van der Waals surface area contributed by atoms with Crippen LogP contribution in [0, 0.1) is 13.8 Å². The summed E-state index contributed by atoms with van der Waals surface area (Å²) in [6.45, 7) is 3.88. The smallest absolute Gasteiger partial charge is 0.255 e. The maximum Gasteiger partial charge on any atom is 0.255 e. The third-order valence-corrected chi connectivity index (χ3v) is 6.00. The summed E-state index contributed by atoms with van der Waals surface area (Å²) in [5.41, 5.74) is 6.71. The van der Waals surface area contributed by atoms with Crippen LogP contribution in [0.5, 0.6) is 0 Å². The third-order valence-electron chi connectivity index (χ3n) is 6.00. The Bertz CT molecular complexity index is 1480. The first-order chi connectivity index (χ1) is 14.6. The van der Waals surface area contributed by atoms with Crippen molar-refractivity contribution in [3.8, 4) is 22.3 Å². The van der Waals surface area contributed by atoms with Crippen LogP contribution in [0.4, 0.5) is 0 Å². The number of nitrogens with one attached hydrogen (secondary N) is 2. The summed E-state index contributed by atoms with van der Waals surface area (Å²) in [5, 5.41) is 5.72. The van der Waals surface area contributed by atoms with Crippen molar-refractivity contribution in [1.82, 2.24) is 20.1 Å². The largest absolute Gasteiger partial charge is 0.361 e. The Kier molecular flexibility index (Phi) is 3.53. The van der Waals surface area contributed by atoms with E-state index >= 15 is 0 Å². The predicted molar refractivity (Wildman–Crippen MR) is 117 cm³/mol. The van der Waals surface area contributed by atoms with E-state index in [1.807, 2.05) is 32.0 Å². The summed E-state index contributed by atoms with van der Waals surface area (Å²) in [6.07, 6.45) is 4.05. The molecule has 6 heteroatoms. The van der Waals surface area contributed by atoms with Crippen LogP contribution < -0.4 is 5.56 Å². The van der Waals surface area contributed by atoms with Gasteiger partial charge in [-0.25, -0.2) is 4.98 Å². The number of rotatable bonds is 3. The molecule has 0 aliphatic heterocycles. The van der Waals surface area contributed by atoms with Crippen LogP contribution in [-0.2, 0) is 0 Å². The second-order valence-electron chi connectivity index (χ2n) is 8.09. The minimum atomic E-state index is -0.0897. The number of benzene rings is 2. The number of nitrogens with zero attached hydrogens (tertiary/aromatic N) is 2. The van der Waals surface area contributed by atoms with Crippen molar-refractivity contribution in [3.05, 3.63) is 70.2 Å². The minimum Gasteiger partial charge on any atom is -0.361 e. The van der Waals surface area contributed by atoms with E-state index in [1.165, 1.54) is 12.8 Å². The number of pyridine rings is 1. The highest BCUT2D eigenvalue weighted by molar-refractivity contribution is 6.05. The lowest BCUT2D eigenvalue weighted by Crippen LogP contribution is -2.04. The summed E-state index contributed by atoms with van der Waals surface area (Å²) in [5.74, 6) is 2.34. The molecule has 148 valence electrons. The lowest BCUT2D eigenvalue weighted by atomic mass is 9.94. The monoisotopic (exact) mass is 396 g/mol. The van der Waals surface area contributed by atoms with E-state index in [0.29, 0.717) is 11.3 Å². The first-order valence-electron chi connectivity index (χ1n) is 10.2. The number of aryl methyl sites for hydroxylation is 2. The molecule has 0 radical (unpaired) electrons. The van der Waals surface area contributed by atoms with Gasteiger partial charge in [0.15, 0.2) is 0 Å². The molecule has 0 unspecified atom stereocenters. The highest BCUT2D eigenvalue weighted by Crippen LogP contribution is 2.42. The van der Waals surface area contributed by atoms with Crippen molar-refractivity contribution in [2.75, 3.05) is 0 Å². The van der Waals surface area contributed by atoms with Crippen LogP contribution in [0.15, 0.2) is 51.9 Å². The molecule has 5 aromatic rings. The van der Waals surface area contributed by atoms with Crippen LogP contribution in [-0.4, -0.2) is 20.1 Å². The highest BCUT2D eigenvalue weighted by atomic mass is 16.5. The maximum absolute atomic E-state index is 12.4. The number of fused-ring (bicyclic) bond motifs is 2. The number of hydrogen-bond donors (Lipinski definition) is 2. The third kappa shape index (κ3) is 2.53. The summed E-state index contributed by atoms with van der Waals surface area (Å²) < 4.78 is 5.43. The number of aromatic amines is 2. The lowest BCUT2D eigenvalue weighted by molar-refractivity contribution is 0.393. The second-order valence-corrected chi connectivity index (χ2v) is 8.09. The Morgan fingerprint density at radius 1 is 1.07 bits per heavy atom. The molecular formula is C24H20N4O2. The molecule has 1 aliphatic carbocycles. The van der Waals surface area contributed by atoms with E-state index in [4.69, 9.17) is 9.51 Å². The van der Waals surface area contributed by atoms with Crippen molar-refractivity contribution >= 4 is 21.8 Å². The Morgan fingerprint density at radius 2 is 1.93 bits per heavy atom. The van der Waals surface area contributed by atoms with Crippen LogP contribution in [0.3, 0.4) is 0 Å². The maximum atomic E-state index is 12.4. The van der Waals surface area contributed by atoms with Gasteiger partial charge in [0.1, 0.15) is 11.6 Å². The lowest BCUT2D eigenvalue weighted by Gasteiger charge is -2.10. The molecule has 2 aromatic carbocycles. The summed E-state index contributed by atoms with van der Waals surface area (Å²) >= 11 is 0. The van der Waals surface area contributed by atoms with Crippen molar-refractivity contribution in [1.29, 1.82) is 0 Å². The molecular weight excluding hydrogens is 376 g/mol. The highest BCUT2D eigenvalue weighted by Gasteiger charge is 2.28. The van der Waals surface area contributed by atoms with Gasteiger partial charge in [0.05, 0.1) is 16.7 Å². The first kappa shape index (κ1) is 17.2. The van der Waals surface area contributed by atoms with Gasteiger partial charge in [-0.15, -0.1) is 0 Å². The van der Waals surface area contributed by atoms with Crippen LogP contribution in [0.25, 0.3) is 44.1 Å². The number of aromatic nitrogens is 4. The Morgan fingerprint density at radius 3 is 2.70 bits per heavy atom. The summed E-state index contributed by atoms with van der Waals surface area (Å²) in [6, 6.07) is 12.1. The normalized spacial score (nSPS) is 14.1. The molecule has 30 heavy (non-hydrogen) atoms. The molecule has 0 atom stereocenters. The van der Waals surface area contributed by atoms with Gasteiger partial charge in [0.25, 0.3) is 5.56 Å². The molecule has 1 fully saturated rings. The molecule has 6 rings (SSSR count). The molecule has 1 saturated carbocycles. The summed E-state index contributed by atoms with van der Waals surface area (Å²) in [4.78, 5) is 23.6. The fourth-order valence-corrected chi connectivity index (χ4v) is 4.39. The van der Waals surface area contributed by atoms with Gasteiger partial charge in [-0.2, -0.15) is 0 Å². The minimum absolute atomic E-state index is 0.0897. The average molecular weight is 396 g/mol. The predicted octanol–water partition coefficient (Wildman–Crippen LogP) is 5.22. The van der Waals surface area contributed by atoms with Gasteiger partial charge in [-0.1, -0.05) is 17.3 Å². The summed E-state index contributed by atoms with van der Waals surface area (Å²) in [7, 11) is 0. The van der Waals surface area contributed by atoms with Crippen molar-refractivity contribution in [3.63, 3.8) is 0 Å². The van der Waals surface area contributed by atoms with Crippen LogP contribution in [0.1, 0.15) is 36.0 Å². The van der Waals surface area contributed by atoms with Gasteiger partial charge in [0.2, 0.25) is 0 Å². The first-order valence-corrected chi connectivity index (χ1v) is 10.2. The molecule has 2 N–H and O–H groups in total. The SMILES string of the molecule is Cc1noc(C)c1-c1cc(-c2cccc3c(=O)[nH]ccc23)c2nc(C3CC3)[nH]c2c1. The average Bonchev–Trinajstić information content (AvgIpc) is 3.42. The molecule has 0 spiro atoms. The van der Waals surface area contributed by atoms with Gasteiger partial charge >= 0.3 is 0 Å². The zero-order valence-corrected chi connectivity index (χ0v) is 16.7. The molecule has 0 saturated heterocycles. The van der Waals surface area contributed by atoms with Gasteiger partial charge < -0.3 is 14.5 Å². The molecule has 0 amide bonds. The fourth-order valence-electron chi connectivity index (χ4n) is 4.39. The van der Waals surface area contributed by atoms with E-state index in [1.54, 1.807) is 6.20 Å². The Hall–Kier alpha value is -3.67. The quantitative estimate of drug-likeness (QED) is 0.438. The van der Waals surface area contributed by atoms with E-state index < -0.39 is 0 Å². The molecule has 6 nitrogen and oxygen atoms in total. The van der Waals surface area contributed by atoms with Gasteiger partial charge in [0, 0.05) is 28.6 Å². The molecule has 3 heterocycles. The number of H-pyrrole nitrogens is 2. The number of hydrogen-bond acceptors (Lipinski definition) is 4. The zero-order valence-electron chi connectivity index (χ0n) is 16.7. The fraction of sp³-hybridized carbons (Fsp3) is 0.208. The van der Waals surface area contributed by atoms with Crippen molar-refractivity contribution < 1.29 is 4.52 Å². The second kappa shape index (κ2) is 6.16. The number of imidazole rings is 1. The van der Waals surface area contributed by atoms with Crippen molar-refractivity contribution in [2.45, 2.75) is 32.6 Å². The van der Waals surface area contributed by atoms with E-state index in [0.717, 1.165) is 56.0 Å². The topological polar surface area (TPSA) is 87.6 Å². The van der Waals surface area contributed by atoms with Crippen LogP contribution >= 0.6 is 0 Å². The van der Waals surface area contributed by atoms with Gasteiger partial charge in [-0.3, -0.25) is 4.79 Å². The standard InChI is InChI=1S/C24H20N4O2/c1-12-21(13(2)30-28-12)15-10-19(22-20(11-15)26-23(27-22)14-6-7-14)16-4-3-5-18-17(16)8-9-25-24(18)29/h3-5,8-11,14H,6-7H2,1-2H3,(H,25,29)(H,26,27). The Balaban J connectivity index is 1.71. The molecule has 1 aliphatic rings. The van der Waals surface area contributed by atoms with Crippen molar-refractivity contribution in [2.24, 2.45) is 0 Å². The van der Waals surface area contributed by atoms with Crippen LogP contribution in [0.2, 0.25) is 0 Å². The molecule has 0 bridgehead atoms. The van der Waals surface area contributed by atoms with E-state index in [9.17, 15) is 4.79 Å². The van der Waals surface area contributed by atoms with E-state index in [-0.39, 0.29) is 5.56 Å². The zero-order chi connectivity index (χ0) is 20.4.